The summed E-state index contributed by atoms with van der Waals surface area (Å²) in [5.41, 5.74) is 2.66. The Hall–Kier alpha value is -2.89. The Morgan fingerprint density at radius 3 is 2.39 bits per heavy atom. The Labute approximate surface area is 164 Å². The second kappa shape index (κ2) is 8.42. The first kappa shape index (κ1) is 18.5. The number of fused-ring (bicyclic) bond motifs is 1. The third kappa shape index (κ3) is 4.32. The zero-order valence-electron chi connectivity index (χ0n) is 15.9. The van der Waals surface area contributed by atoms with Crippen LogP contribution in [0.3, 0.4) is 0 Å². The highest BCUT2D eigenvalue weighted by molar-refractivity contribution is 5.93. The van der Waals surface area contributed by atoms with E-state index in [1.807, 2.05) is 18.2 Å². The SMILES string of the molecule is O=C(NCc1ccc2nc(NC(=O)[C@H]3CC=CCC3)[nH]c2c1)[C@H]1CC=CCC1. The van der Waals surface area contributed by atoms with E-state index < -0.39 is 0 Å². The van der Waals surface area contributed by atoms with Crippen molar-refractivity contribution in [1.82, 2.24) is 15.3 Å². The van der Waals surface area contributed by atoms with Gasteiger partial charge in [0.15, 0.2) is 0 Å². The molecule has 146 valence electrons. The van der Waals surface area contributed by atoms with Gasteiger partial charge in [-0.2, -0.15) is 0 Å². The molecule has 1 heterocycles. The lowest BCUT2D eigenvalue weighted by molar-refractivity contribution is -0.125. The number of nitrogens with one attached hydrogen (secondary N) is 3. The Bertz CT molecular complexity index is 928. The molecule has 0 saturated carbocycles. The summed E-state index contributed by atoms with van der Waals surface area (Å²) in [6, 6.07) is 5.85. The number of nitrogens with zero attached hydrogens (tertiary/aromatic N) is 1. The van der Waals surface area contributed by atoms with Crippen LogP contribution in [0.2, 0.25) is 0 Å². The van der Waals surface area contributed by atoms with E-state index in [9.17, 15) is 9.59 Å². The van der Waals surface area contributed by atoms with Crippen LogP contribution in [0, 0.1) is 11.8 Å². The van der Waals surface area contributed by atoms with Crippen molar-refractivity contribution in [2.45, 2.75) is 45.1 Å². The van der Waals surface area contributed by atoms with Gasteiger partial charge in [-0.3, -0.25) is 14.9 Å². The number of hydrogen-bond donors (Lipinski definition) is 3. The molecule has 0 bridgehead atoms. The molecule has 0 fully saturated rings. The standard InChI is InChI=1S/C22H26N4O2/c27-20(16-7-3-1-4-8-16)23-14-15-11-12-18-19(13-15)25-22(24-18)26-21(28)17-9-5-2-6-10-17/h1-3,5,11-13,16-17H,4,6-10,14H2,(H,23,27)(H2,24,25,26,28)/t16-,17-/m0/s1. The summed E-state index contributed by atoms with van der Waals surface area (Å²) >= 11 is 0. The smallest absolute Gasteiger partial charge is 0.230 e. The molecule has 0 spiro atoms. The first-order valence-corrected chi connectivity index (χ1v) is 10.1. The summed E-state index contributed by atoms with van der Waals surface area (Å²) in [7, 11) is 0. The molecule has 6 heteroatoms. The number of benzene rings is 1. The van der Waals surface area contributed by atoms with Crippen LogP contribution in [-0.2, 0) is 16.1 Å². The largest absolute Gasteiger partial charge is 0.352 e. The van der Waals surface area contributed by atoms with Gasteiger partial charge in [0.2, 0.25) is 17.8 Å². The fraction of sp³-hybridized carbons (Fsp3) is 0.409. The maximum Gasteiger partial charge on any atom is 0.230 e. The van der Waals surface area contributed by atoms with E-state index in [1.165, 1.54) is 0 Å². The molecule has 2 atom stereocenters. The number of imidazole rings is 1. The van der Waals surface area contributed by atoms with Crippen LogP contribution in [0.1, 0.15) is 44.1 Å². The number of aromatic amines is 1. The van der Waals surface area contributed by atoms with Crippen molar-refractivity contribution in [3.63, 3.8) is 0 Å². The van der Waals surface area contributed by atoms with Gasteiger partial charge in [-0.1, -0.05) is 30.4 Å². The number of allylic oxidation sites excluding steroid dienone is 4. The van der Waals surface area contributed by atoms with E-state index in [2.05, 4.69) is 44.9 Å². The fourth-order valence-electron chi connectivity index (χ4n) is 3.84. The zero-order chi connectivity index (χ0) is 19.3. The van der Waals surface area contributed by atoms with Gasteiger partial charge < -0.3 is 10.3 Å². The predicted octanol–water partition coefficient (Wildman–Crippen LogP) is 3.83. The molecule has 28 heavy (non-hydrogen) atoms. The monoisotopic (exact) mass is 378 g/mol. The first-order chi connectivity index (χ1) is 13.7. The van der Waals surface area contributed by atoms with Crippen molar-refractivity contribution < 1.29 is 9.59 Å². The van der Waals surface area contributed by atoms with E-state index in [4.69, 9.17) is 0 Å². The quantitative estimate of drug-likeness (QED) is 0.691. The highest BCUT2D eigenvalue weighted by Crippen LogP contribution is 2.22. The number of aromatic nitrogens is 2. The van der Waals surface area contributed by atoms with Crippen LogP contribution in [0.15, 0.2) is 42.5 Å². The minimum atomic E-state index is 0.0115. The minimum absolute atomic E-state index is 0.0115. The van der Waals surface area contributed by atoms with Gasteiger partial charge in [-0.25, -0.2) is 4.98 Å². The predicted molar refractivity (Wildman–Crippen MR) is 110 cm³/mol. The van der Waals surface area contributed by atoms with E-state index in [0.29, 0.717) is 12.5 Å². The number of rotatable bonds is 5. The maximum absolute atomic E-state index is 12.4. The summed E-state index contributed by atoms with van der Waals surface area (Å²) in [6.45, 7) is 0.490. The molecule has 0 saturated heterocycles. The molecule has 4 rings (SSSR count). The number of carbonyl (C=O) groups is 2. The van der Waals surface area contributed by atoms with Crippen molar-refractivity contribution >= 4 is 28.8 Å². The Kier molecular flexibility index (Phi) is 5.55. The van der Waals surface area contributed by atoms with Crippen molar-refractivity contribution in [3.05, 3.63) is 48.1 Å². The molecule has 0 unspecified atom stereocenters. The molecule has 0 aliphatic heterocycles. The number of anilines is 1. The molecule has 2 amide bonds. The molecule has 2 aliphatic carbocycles. The van der Waals surface area contributed by atoms with E-state index in [0.717, 1.165) is 55.1 Å². The van der Waals surface area contributed by atoms with Crippen LogP contribution in [-0.4, -0.2) is 21.8 Å². The van der Waals surface area contributed by atoms with Gasteiger partial charge >= 0.3 is 0 Å². The maximum atomic E-state index is 12.4. The summed E-state index contributed by atoms with van der Waals surface area (Å²) in [4.78, 5) is 32.3. The lowest BCUT2D eigenvalue weighted by atomic mass is 9.93. The van der Waals surface area contributed by atoms with Crippen LogP contribution < -0.4 is 10.6 Å². The Balaban J connectivity index is 1.37. The normalized spacial score (nSPS) is 21.6. The van der Waals surface area contributed by atoms with Crippen molar-refractivity contribution in [3.8, 4) is 0 Å². The zero-order valence-corrected chi connectivity index (χ0v) is 15.9. The lowest BCUT2D eigenvalue weighted by Crippen LogP contribution is -2.30. The number of carbonyl (C=O) groups excluding carboxylic acids is 2. The molecule has 2 aliphatic rings. The summed E-state index contributed by atoms with van der Waals surface area (Å²) in [6.07, 6.45) is 13.7. The van der Waals surface area contributed by atoms with Gasteiger partial charge in [0.1, 0.15) is 0 Å². The van der Waals surface area contributed by atoms with Gasteiger partial charge in [-0.15, -0.1) is 0 Å². The van der Waals surface area contributed by atoms with Crippen molar-refractivity contribution in [2.75, 3.05) is 5.32 Å². The highest BCUT2D eigenvalue weighted by atomic mass is 16.2. The Morgan fingerprint density at radius 1 is 1.00 bits per heavy atom. The average Bonchev–Trinajstić information content (AvgIpc) is 3.14. The van der Waals surface area contributed by atoms with E-state index in [1.54, 1.807) is 0 Å². The highest BCUT2D eigenvalue weighted by Gasteiger charge is 2.20. The van der Waals surface area contributed by atoms with Crippen molar-refractivity contribution in [2.24, 2.45) is 11.8 Å². The van der Waals surface area contributed by atoms with Crippen LogP contribution in [0.4, 0.5) is 5.95 Å². The third-order valence-electron chi connectivity index (χ3n) is 5.53. The molecule has 1 aromatic carbocycles. The number of amides is 2. The second-order valence-corrected chi connectivity index (χ2v) is 7.61. The second-order valence-electron chi connectivity index (χ2n) is 7.61. The van der Waals surface area contributed by atoms with Crippen LogP contribution in [0.5, 0.6) is 0 Å². The minimum Gasteiger partial charge on any atom is -0.352 e. The summed E-state index contributed by atoms with van der Waals surface area (Å²) < 4.78 is 0. The van der Waals surface area contributed by atoms with Gasteiger partial charge in [0.25, 0.3) is 0 Å². The molecule has 2 aromatic rings. The molecule has 6 nitrogen and oxygen atoms in total. The van der Waals surface area contributed by atoms with Gasteiger partial charge in [-0.05, 0) is 56.2 Å². The van der Waals surface area contributed by atoms with E-state index >= 15 is 0 Å². The summed E-state index contributed by atoms with van der Waals surface area (Å²) in [5.74, 6) is 0.696. The summed E-state index contributed by atoms with van der Waals surface area (Å²) in [5, 5.41) is 5.93. The van der Waals surface area contributed by atoms with Crippen LogP contribution in [0.25, 0.3) is 11.0 Å². The lowest BCUT2D eigenvalue weighted by Gasteiger charge is -2.17. The molecule has 0 radical (unpaired) electrons. The molecule has 3 N–H and O–H groups in total. The van der Waals surface area contributed by atoms with Crippen LogP contribution >= 0.6 is 0 Å². The molecule has 1 aromatic heterocycles. The number of hydrogen-bond acceptors (Lipinski definition) is 3. The topological polar surface area (TPSA) is 86.9 Å². The Morgan fingerprint density at radius 2 is 1.71 bits per heavy atom. The van der Waals surface area contributed by atoms with E-state index in [-0.39, 0.29) is 23.7 Å². The van der Waals surface area contributed by atoms with Gasteiger partial charge in [0.05, 0.1) is 11.0 Å². The molecular weight excluding hydrogens is 352 g/mol. The average molecular weight is 378 g/mol. The van der Waals surface area contributed by atoms with Crippen molar-refractivity contribution in [1.29, 1.82) is 0 Å². The first-order valence-electron chi connectivity index (χ1n) is 10.1. The number of H-pyrrole nitrogens is 1. The fourth-order valence-corrected chi connectivity index (χ4v) is 3.84. The van der Waals surface area contributed by atoms with Gasteiger partial charge in [0, 0.05) is 18.4 Å². The third-order valence-corrected chi connectivity index (χ3v) is 5.53. The molecular formula is C22H26N4O2.